The first-order chi connectivity index (χ1) is 10.0. The molecule has 0 radical (unpaired) electrons. The van der Waals surface area contributed by atoms with Gasteiger partial charge in [0.1, 0.15) is 4.90 Å². The van der Waals surface area contributed by atoms with E-state index >= 15 is 0 Å². The van der Waals surface area contributed by atoms with Crippen molar-refractivity contribution in [3.05, 3.63) is 24.7 Å². The maximum Gasteiger partial charge on any atom is 0.266 e. The number of hydrogen-bond acceptors (Lipinski definition) is 5. The third kappa shape index (κ3) is 4.30. The molecule has 0 aliphatic heterocycles. The van der Waals surface area contributed by atoms with Crippen LogP contribution in [0.1, 0.15) is 13.3 Å². The second-order valence-corrected chi connectivity index (χ2v) is 6.31. The van der Waals surface area contributed by atoms with Crippen molar-refractivity contribution in [1.29, 1.82) is 0 Å². The van der Waals surface area contributed by atoms with E-state index in [1.165, 1.54) is 17.1 Å². The summed E-state index contributed by atoms with van der Waals surface area (Å²) in [7, 11) is -1.92. The maximum atomic E-state index is 12.2. The molecule has 21 heavy (non-hydrogen) atoms. The third-order valence-electron chi connectivity index (χ3n) is 2.86. The van der Waals surface area contributed by atoms with Gasteiger partial charge in [0.05, 0.1) is 6.20 Å². The molecule has 0 saturated heterocycles. The Hall–Kier alpha value is -1.87. The standard InChI is InChI=1S/C12H20N6O2S/c1-3-13-6-4-7-18-10-11(9-14-18)21(19,20)16-12-5-8-17(2)15-12/h5,8-10,13H,3-4,6-7H2,1-2H3,(H,15,16). The zero-order valence-corrected chi connectivity index (χ0v) is 13.0. The molecule has 2 N–H and O–H groups in total. The lowest BCUT2D eigenvalue weighted by Gasteiger charge is -2.03. The minimum atomic E-state index is -3.64. The van der Waals surface area contributed by atoms with E-state index in [2.05, 4.69) is 20.2 Å². The Morgan fingerprint density at radius 3 is 2.86 bits per heavy atom. The fourth-order valence-corrected chi connectivity index (χ4v) is 2.76. The summed E-state index contributed by atoms with van der Waals surface area (Å²) >= 11 is 0. The van der Waals surface area contributed by atoms with E-state index in [0.29, 0.717) is 6.54 Å². The van der Waals surface area contributed by atoms with E-state index in [1.54, 1.807) is 24.0 Å². The Bertz CT molecular complexity index is 675. The second kappa shape index (κ2) is 6.72. The van der Waals surface area contributed by atoms with Gasteiger partial charge in [-0.05, 0) is 19.5 Å². The molecule has 2 rings (SSSR count). The molecule has 0 spiro atoms. The van der Waals surface area contributed by atoms with Crippen molar-refractivity contribution < 1.29 is 8.42 Å². The molecule has 0 saturated carbocycles. The van der Waals surface area contributed by atoms with E-state index in [-0.39, 0.29) is 10.7 Å². The predicted molar refractivity (Wildman–Crippen MR) is 79.4 cm³/mol. The van der Waals surface area contributed by atoms with Crippen molar-refractivity contribution in [2.45, 2.75) is 24.8 Å². The number of aromatic nitrogens is 4. The summed E-state index contributed by atoms with van der Waals surface area (Å²) in [4.78, 5) is 0.136. The van der Waals surface area contributed by atoms with E-state index in [9.17, 15) is 8.42 Å². The SMILES string of the molecule is CCNCCCn1cc(S(=O)(=O)Nc2ccn(C)n2)cn1. The summed E-state index contributed by atoms with van der Waals surface area (Å²) in [6.07, 6.45) is 5.43. The highest BCUT2D eigenvalue weighted by Gasteiger charge is 2.17. The number of nitrogens with one attached hydrogen (secondary N) is 2. The van der Waals surface area contributed by atoms with Crippen LogP contribution in [-0.2, 0) is 23.6 Å². The maximum absolute atomic E-state index is 12.2. The molecule has 0 amide bonds. The van der Waals surface area contributed by atoms with E-state index < -0.39 is 10.0 Å². The number of sulfonamides is 1. The summed E-state index contributed by atoms with van der Waals surface area (Å²) in [6, 6.07) is 1.60. The quantitative estimate of drug-likeness (QED) is 0.689. The molecule has 0 fully saturated rings. The van der Waals surface area contributed by atoms with E-state index in [4.69, 9.17) is 0 Å². The molecule has 8 nitrogen and oxygen atoms in total. The summed E-state index contributed by atoms with van der Waals surface area (Å²) in [5.41, 5.74) is 0. The molecule has 0 aromatic carbocycles. The topological polar surface area (TPSA) is 93.8 Å². The number of rotatable bonds is 8. The third-order valence-corrected chi connectivity index (χ3v) is 4.17. The van der Waals surface area contributed by atoms with Gasteiger partial charge in [-0.2, -0.15) is 10.2 Å². The lowest BCUT2D eigenvalue weighted by atomic mass is 10.4. The van der Waals surface area contributed by atoms with Crippen molar-refractivity contribution >= 4 is 15.8 Å². The van der Waals surface area contributed by atoms with Gasteiger partial charge in [-0.1, -0.05) is 6.92 Å². The molecule has 2 aromatic rings. The lowest BCUT2D eigenvalue weighted by Crippen LogP contribution is -2.16. The molecular formula is C12H20N6O2S. The Morgan fingerprint density at radius 1 is 1.38 bits per heavy atom. The minimum absolute atomic E-state index is 0.136. The number of aryl methyl sites for hydroxylation is 2. The first kappa shape index (κ1) is 15.5. The highest BCUT2D eigenvalue weighted by Crippen LogP contribution is 2.13. The van der Waals surface area contributed by atoms with Crippen molar-refractivity contribution in [2.75, 3.05) is 17.8 Å². The van der Waals surface area contributed by atoms with Gasteiger partial charge in [0, 0.05) is 32.1 Å². The second-order valence-electron chi connectivity index (χ2n) is 4.63. The Morgan fingerprint density at radius 2 is 2.19 bits per heavy atom. The van der Waals surface area contributed by atoms with E-state index in [1.807, 2.05) is 6.92 Å². The number of nitrogens with zero attached hydrogens (tertiary/aromatic N) is 4. The summed E-state index contributed by atoms with van der Waals surface area (Å²) < 4.78 is 29.9. The molecule has 2 heterocycles. The smallest absolute Gasteiger partial charge is 0.266 e. The first-order valence-electron chi connectivity index (χ1n) is 6.77. The Labute approximate surface area is 124 Å². The fourth-order valence-electron chi connectivity index (χ4n) is 1.81. The summed E-state index contributed by atoms with van der Waals surface area (Å²) in [5, 5.41) is 11.3. The molecule has 0 aliphatic carbocycles. The molecule has 2 aromatic heterocycles. The fraction of sp³-hybridized carbons (Fsp3) is 0.500. The van der Waals surface area contributed by atoms with Crippen LogP contribution in [0.4, 0.5) is 5.82 Å². The minimum Gasteiger partial charge on any atom is -0.317 e. The van der Waals surface area contributed by atoms with Gasteiger partial charge >= 0.3 is 0 Å². The van der Waals surface area contributed by atoms with Crippen LogP contribution in [0.5, 0.6) is 0 Å². The highest BCUT2D eigenvalue weighted by atomic mass is 32.2. The molecule has 0 atom stereocenters. The van der Waals surface area contributed by atoms with Crippen molar-refractivity contribution in [2.24, 2.45) is 7.05 Å². The zero-order chi connectivity index (χ0) is 15.3. The predicted octanol–water partition coefficient (Wildman–Crippen LogP) is 0.417. The van der Waals surface area contributed by atoms with Gasteiger partial charge in [-0.25, -0.2) is 8.42 Å². The van der Waals surface area contributed by atoms with Crippen LogP contribution in [0.25, 0.3) is 0 Å². The van der Waals surface area contributed by atoms with Crippen LogP contribution in [0.3, 0.4) is 0 Å². The van der Waals surface area contributed by atoms with Gasteiger partial charge in [-0.3, -0.25) is 14.1 Å². The molecule has 0 aliphatic rings. The van der Waals surface area contributed by atoms with Gasteiger partial charge < -0.3 is 5.32 Å². The van der Waals surface area contributed by atoms with E-state index in [0.717, 1.165) is 19.5 Å². The Kier molecular flexibility index (Phi) is 4.97. The van der Waals surface area contributed by atoms with Crippen molar-refractivity contribution in [3.8, 4) is 0 Å². The molecule has 116 valence electrons. The largest absolute Gasteiger partial charge is 0.317 e. The monoisotopic (exact) mass is 312 g/mol. The first-order valence-corrected chi connectivity index (χ1v) is 8.25. The van der Waals surface area contributed by atoms with Gasteiger partial charge in [-0.15, -0.1) is 0 Å². The van der Waals surface area contributed by atoms with Crippen LogP contribution in [0.2, 0.25) is 0 Å². The number of anilines is 1. The normalized spacial score (nSPS) is 11.7. The lowest BCUT2D eigenvalue weighted by molar-refractivity contribution is 0.549. The molecule has 9 heteroatoms. The van der Waals surface area contributed by atoms with Crippen LogP contribution in [0.15, 0.2) is 29.6 Å². The highest BCUT2D eigenvalue weighted by molar-refractivity contribution is 7.92. The van der Waals surface area contributed by atoms with Gasteiger partial charge in [0.2, 0.25) is 0 Å². The average molecular weight is 312 g/mol. The molecule has 0 unspecified atom stereocenters. The van der Waals surface area contributed by atoms with Crippen LogP contribution >= 0.6 is 0 Å². The average Bonchev–Trinajstić information content (AvgIpc) is 3.04. The number of hydrogen-bond donors (Lipinski definition) is 2. The van der Waals surface area contributed by atoms with Gasteiger partial charge in [0.15, 0.2) is 5.82 Å². The molecular weight excluding hydrogens is 292 g/mol. The zero-order valence-electron chi connectivity index (χ0n) is 12.2. The molecule has 0 bridgehead atoms. The van der Waals surface area contributed by atoms with Crippen molar-refractivity contribution in [3.63, 3.8) is 0 Å². The summed E-state index contributed by atoms with van der Waals surface area (Å²) in [5.74, 6) is 0.289. The van der Waals surface area contributed by atoms with Crippen LogP contribution in [-0.4, -0.2) is 41.1 Å². The van der Waals surface area contributed by atoms with Crippen LogP contribution in [0, 0.1) is 0 Å². The Balaban J connectivity index is 1.98. The summed E-state index contributed by atoms with van der Waals surface area (Å²) in [6.45, 7) is 4.52. The van der Waals surface area contributed by atoms with Crippen LogP contribution < -0.4 is 10.0 Å². The van der Waals surface area contributed by atoms with Crippen molar-refractivity contribution in [1.82, 2.24) is 24.9 Å². The van der Waals surface area contributed by atoms with Gasteiger partial charge in [0.25, 0.3) is 10.0 Å².